The van der Waals surface area contributed by atoms with Gasteiger partial charge >= 0.3 is 0 Å². The average molecular weight is 236 g/mol. The molecule has 0 bridgehead atoms. The van der Waals surface area contributed by atoms with Crippen LogP contribution in [0.1, 0.15) is 35.9 Å². The van der Waals surface area contributed by atoms with E-state index in [1.165, 1.54) is 12.0 Å². The minimum Gasteiger partial charge on any atom is -0.229 e. The zero-order valence-corrected chi connectivity index (χ0v) is 10.8. The van der Waals surface area contributed by atoms with Crippen molar-refractivity contribution < 1.29 is 0 Å². The molecule has 2 nitrogen and oxygen atoms in total. The second-order valence-corrected chi connectivity index (χ2v) is 4.28. The van der Waals surface area contributed by atoms with Crippen LogP contribution in [0.4, 0.5) is 0 Å². The van der Waals surface area contributed by atoms with E-state index in [1.807, 2.05) is 19.1 Å². The first kappa shape index (κ1) is 12.3. The predicted molar refractivity (Wildman–Crippen MR) is 73.2 cm³/mol. The van der Waals surface area contributed by atoms with E-state index in [0.717, 1.165) is 17.5 Å². The molecule has 1 aromatic carbocycles. The Morgan fingerprint density at radius 3 is 2.28 bits per heavy atom. The first-order valence-electron chi connectivity index (χ1n) is 6.17. The van der Waals surface area contributed by atoms with Gasteiger partial charge in [-0.3, -0.25) is 0 Å². The fraction of sp³-hybridized carbons (Fsp3) is 0.250. The van der Waals surface area contributed by atoms with Crippen molar-refractivity contribution in [3.8, 4) is 11.8 Å². The molecule has 2 aromatic rings. The fourth-order valence-electron chi connectivity index (χ4n) is 1.63. The number of aromatic nitrogens is 2. The molecule has 0 saturated carbocycles. The maximum absolute atomic E-state index is 4.16. The molecular formula is C16H16N2. The van der Waals surface area contributed by atoms with Crippen LogP contribution in [0.25, 0.3) is 0 Å². The fourth-order valence-corrected chi connectivity index (χ4v) is 1.63. The van der Waals surface area contributed by atoms with Gasteiger partial charge in [0.2, 0.25) is 5.82 Å². The van der Waals surface area contributed by atoms with Gasteiger partial charge < -0.3 is 0 Å². The number of rotatable bonds is 2. The maximum atomic E-state index is 4.16. The van der Waals surface area contributed by atoms with Gasteiger partial charge in [-0.05, 0) is 42.5 Å². The molecule has 0 atom stereocenters. The molecule has 0 amide bonds. The highest BCUT2D eigenvalue weighted by atomic mass is 14.8. The van der Waals surface area contributed by atoms with E-state index in [2.05, 4.69) is 40.9 Å². The van der Waals surface area contributed by atoms with Crippen LogP contribution in [-0.4, -0.2) is 9.97 Å². The van der Waals surface area contributed by atoms with E-state index in [4.69, 9.17) is 0 Å². The standard InChI is InChI=1S/C16H16N2/c1-3-4-14-5-7-15(8-6-14)9-10-16-17-11-13(2)12-18-16/h5-8,11-12H,3-4H2,1-2H3. The smallest absolute Gasteiger partial charge is 0.205 e. The topological polar surface area (TPSA) is 25.8 Å². The molecule has 0 aliphatic heterocycles. The molecule has 0 N–H and O–H groups in total. The molecule has 2 rings (SSSR count). The third kappa shape index (κ3) is 3.43. The lowest BCUT2D eigenvalue weighted by atomic mass is 10.1. The van der Waals surface area contributed by atoms with Crippen molar-refractivity contribution in [3.05, 3.63) is 59.2 Å². The summed E-state index contributed by atoms with van der Waals surface area (Å²) < 4.78 is 0. The zero-order valence-electron chi connectivity index (χ0n) is 10.8. The van der Waals surface area contributed by atoms with Crippen molar-refractivity contribution in [2.24, 2.45) is 0 Å². The Morgan fingerprint density at radius 1 is 1.00 bits per heavy atom. The van der Waals surface area contributed by atoms with Crippen LogP contribution in [0.5, 0.6) is 0 Å². The Morgan fingerprint density at radius 2 is 1.67 bits per heavy atom. The van der Waals surface area contributed by atoms with Crippen molar-refractivity contribution in [3.63, 3.8) is 0 Å². The third-order valence-electron chi connectivity index (χ3n) is 2.59. The van der Waals surface area contributed by atoms with Gasteiger partial charge in [0.05, 0.1) is 0 Å². The third-order valence-corrected chi connectivity index (χ3v) is 2.59. The summed E-state index contributed by atoms with van der Waals surface area (Å²) in [4.78, 5) is 8.31. The van der Waals surface area contributed by atoms with E-state index in [9.17, 15) is 0 Å². The average Bonchev–Trinajstić information content (AvgIpc) is 2.40. The van der Waals surface area contributed by atoms with E-state index >= 15 is 0 Å². The van der Waals surface area contributed by atoms with Crippen molar-refractivity contribution in [1.29, 1.82) is 0 Å². The second-order valence-electron chi connectivity index (χ2n) is 4.28. The Bertz CT molecular complexity index is 557. The maximum Gasteiger partial charge on any atom is 0.205 e. The van der Waals surface area contributed by atoms with E-state index in [1.54, 1.807) is 12.4 Å². The molecule has 0 aliphatic carbocycles. The van der Waals surface area contributed by atoms with Crippen molar-refractivity contribution >= 4 is 0 Å². The van der Waals surface area contributed by atoms with Gasteiger partial charge in [-0.25, -0.2) is 9.97 Å². The first-order valence-corrected chi connectivity index (χ1v) is 6.17. The monoisotopic (exact) mass is 236 g/mol. The summed E-state index contributed by atoms with van der Waals surface area (Å²) in [6.07, 6.45) is 5.85. The summed E-state index contributed by atoms with van der Waals surface area (Å²) in [6, 6.07) is 8.35. The number of hydrogen-bond acceptors (Lipinski definition) is 2. The molecule has 0 aliphatic rings. The Labute approximate surface area is 108 Å². The van der Waals surface area contributed by atoms with E-state index in [0.29, 0.717) is 5.82 Å². The SMILES string of the molecule is CCCc1ccc(C#Cc2ncc(C)cn2)cc1. The molecule has 0 saturated heterocycles. The highest BCUT2D eigenvalue weighted by molar-refractivity contribution is 5.39. The van der Waals surface area contributed by atoms with Crippen LogP contribution in [0, 0.1) is 18.8 Å². The zero-order chi connectivity index (χ0) is 12.8. The molecular weight excluding hydrogens is 220 g/mol. The molecule has 2 heteroatoms. The van der Waals surface area contributed by atoms with Gasteiger partial charge in [0, 0.05) is 18.0 Å². The van der Waals surface area contributed by atoms with E-state index in [-0.39, 0.29) is 0 Å². The number of aryl methyl sites for hydroxylation is 2. The lowest BCUT2D eigenvalue weighted by Crippen LogP contribution is -1.88. The van der Waals surface area contributed by atoms with Gasteiger partial charge in [-0.15, -0.1) is 0 Å². The molecule has 0 spiro atoms. The molecule has 0 fully saturated rings. The van der Waals surface area contributed by atoms with Gasteiger partial charge in [0.25, 0.3) is 0 Å². The highest BCUT2D eigenvalue weighted by Crippen LogP contribution is 2.05. The van der Waals surface area contributed by atoms with Gasteiger partial charge in [0.15, 0.2) is 0 Å². The van der Waals surface area contributed by atoms with Gasteiger partial charge in [-0.2, -0.15) is 0 Å². The minimum absolute atomic E-state index is 0.568. The van der Waals surface area contributed by atoms with Crippen LogP contribution < -0.4 is 0 Å². The van der Waals surface area contributed by atoms with Crippen LogP contribution >= 0.6 is 0 Å². The molecule has 18 heavy (non-hydrogen) atoms. The summed E-state index contributed by atoms with van der Waals surface area (Å²) in [5.41, 5.74) is 3.40. The van der Waals surface area contributed by atoms with Crippen LogP contribution in [0.2, 0.25) is 0 Å². The predicted octanol–water partition coefficient (Wildman–Crippen LogP) is 3.14. The molecule has 0 radical (unpaired) electrons. The van der Waals surface area contributed by atoms with Crippen molar-refractivity contribution in [2.75, 3.05) is 0 Å². The van der Waals surface area contributed by atoms with Crippen molar-refractivity contribution in [2.45, 2.75) is 26.7 Å². The first-order chi connectivity index (χ1) is 8.78. The highest BCUT2D eigenvalue weighted by Gasteiger charge is 1.92. The van der Waals surface area contributed by atoms with Gasteiger partial charge in [0.1, 0.15) is 0 Å². The largest absolute Gasteiger partial charge is 0.229 e. The summed E-state index contributed by atoms with van der Waals surface area (Å²) in [5.74, 6) is 6.61. The Balaban J connectivity index is 2.12. The number of nitrogens with zero attached hydrogens (tertiary/aromatic N) is 2. The molecule has 1 heterocycles. The quantitative estimate of drug-likeness (QED) is 0.749. The minimum atomic E-state index is 0.568. The molecule has 1 aromatic heterocycles. The molecule has 0 unspecified atom stereocenters. The lowest BCUT2D eigenvalue weighted by Gasteiger charge is -1.97. The second kappa shape index (κ2) is 5.97. The van der Waals surface area contributed by atoms with Crippen LogP contribution in [0.3, 0.4) is 0 Å². The lowest BCUT2D eigenvalue weighted by molar-refractivity contribution is 0.922. The summed E-state index contributed by atoms with van der Waals surface area (Å²) in [6.45, 7) is 4.14. The van der Waals surface area contributed by atoms with E-state index < -0.39 is 0 Å². The summed E-state index contributed by atoms with van der Waals surface area (Å²) in [5, 5.41) is 0. The van der Waals surface area contributed by atoms with Crippen LogP contribution in [-0.2, 0) is 6.42 Å². The normalized spacial score (nSPS) is 9.67. The number of benzene rings is 1. The number of hydrogen-bond donors (Lipinski definition) is 0. The Kier molecular flexibility index (Phi) is 4.09. The molecule has 90 valence electrons. The van der Waals surface area contributed by atoms with Gasteiger partial charge in [-0.1, -0.05) is 31.4 Å². The summed E-state index contributed by atoms with van der Waals surface area (Å²) >= 11 is 0. The van der Waals surface area contributed by atoms with Crippen LogP contribution in [0.15, 0.2) is 36.7 Å². The Hall–Kier alpha value is -2.14. The summed E-state index contributed by atoms with van der Waals surface area (Å²) in [7, 11) is 0. The van der Waals surface area contributed by atoms with Crippen molar-refractivity contribution in [1.82, 2.24) is 9.97 Å².